The van der Waals surface area contributed by atoms with Crippen molar-refractivity contribution in [3.63, 3.8) is 0 Å². The van der Waals surface area contributed by atoms with Gasteiger partial charge in [0.2, 0.25) is 15.0 Å². The van der Waals surface area contributed by atoms with Gasteiger partial charge in [-0.15, -0.1) is 0 Å². The fraction of sp³-hybridized carbons (Fsp3) is 0.100. The van der Waals surface area contributed by atoms with Gasteiger partial charge in [0.1, 0.15) is 0 Å². The molecular weight excluding hydrogens is 212 g/mol. The summed E-state index contributed by atoms with van der Waals surface area (Å²) in [5.41, 5.74) is 1.62. The Labute approximate surface area is 87.9 Å². The lowest BCUT2D eigenvalue weighted by Crippen LogP contribution is -1.98. The Morgan fingerprint density at radius 2 is 1.87 bits per heavy atom. The summed E-state index contributed by atoms with van der Waals surface area (Å²) in [6.07, 6.45) is 2.65. The number of H-pyrrole nitrogens is 1. The van der Waals surface area contributed by atoms with Crippen LogP contribution in [0.25, 0.3) is 11.3 Å². The van der Waals surface area contributed by atoms with Gasteiger partial charge in [-0.1, -0.05) is 30.3 Å². The number of hydrogen-bond donors (Lipinski definition) is 1. The topological polar surface area (TPSA) is 62.8 Å². The smallest absolute Gasteiger partial charge is 0.225 e. The van der Waals surface area contributed by atoms with Crippen LogP contribution in [-0.4, -0.2) is 24.6 Å². The Balaban J connectivity index is 2.46. The maximum atomic E-state index is 11.2. The molecule has 0 aliphatic rings. The van der Waals surface area contributed by atoms with Crippen LogP contribution in [0.1, 0.15) is 0 Å². The van der Waals surface area contributed by atoms with Crippen LogP contribution in [0.15, 0.2) is 41.7 Å². The first-order valence-electron chi connectivity index (χ1n) is 4.38. The van der Waals surface area contributed by atoms with Gasteiger partial charge in [0.15, 0.2) is 0 Å². The molecule has 0 fully saturated rings. The van der Waals surface area contributed by atoms with Crippen molar-refractivity contribution < 1.29 is 8.42 Å². The number of hydrogen-bond acceptors (Lipinski definition) is 3. The molecule has 0 aliphatic heterocycles. The zero-order valence-corrected chi connectivity index (χ0v) is 8.95. The Hall–Kier alpha value is -1.62. The van der Waals surface area contributed by atoms with E-state index in [9.17, 15) is 8.42 Å². The van der Waals surface area contributed by atoms with Crippen molar-refractivity contribution in [3.05, 3.63) is 36.5 Å². The van der Waals surface area contributed by atoms with Crippen LogP contribution in [0, 0.1) is 0 Å². The molecule has 1 aromatic heterocycles. The Kier molecular flexibility index (Phi) is 2.32. The van der Waals surface area contributed by atoms with Gasteiger partial charge >= 0.3 is 0 Å². The average molecular weight is 222 g/mol. The van der Waals surface area contributed by atoms with Gasteiger partial charge in [0.05, 0.1) is 11.9 Å². The minimum absolute atomic E-state index is 0.00125. The SMILES string of the molecule is CS(=O)(=O)c1ncc(-c2ccccc2)[nH]1. The maximum Gasteiger partial charge on any atom is 0.225 e. The molecule has 0 bridgehead atoms. The molecule has 4 nitrogen and oxygen atoms in total. The summed E-state index contributed by atoms with van der Waals surface area (Å²) in [5.74, 6) is 0. The summed E-state index contributed by atoms with van der Waals surface area (Å²) in [6.45, 7) is 0. The van der Waals surface area contributed by atoms with E-state index in [2.05, 4.69) is 9.97 Å². The van der Waals surface area contributed by atoms with E-state index in [1.165, 1.54) is 6.20 Å². The first-order chi connectivity index (χ1) is 7.07. The highest BCUT2D eigenvalue weighted by atomic mass is 32.2. The summed E-state index contributed by atoms with van der Waals surface area (Å²) in [7, 11) is -3.26. The molecule has 1 N–H and O–H groups in total. The molecule has 5 heteroatoms. The van der Waals surface area contributed by atoms with E-state index in [-0.39, 0.29) is 5.16 Å². The molecule has 0 saturated heterocycles. The molecule has 0 unspecified atom stereocenters. The minimum Gasteiger partial charge on any atom is -0.329 e. The minimum atomic E-state index is -3.26. The summed E-state index contributed by atoms with van der Waals surface area (Å²) >= 11 is 0. The van der Waals surface area contributed by atoms with Crippen molar-refractivity contribution in [2.75, 3.05) is 6.26 Å². The van der Waals surface area contributed by atoms with E-state index < -0.39 is 9.84 Å². The van der Waals surface area contributed by atoms with Crippen LogP contribution < -0.4 is 0 Å². The summed E-state index contributed by atoms with van der Waals surface area (Å²) in [4.78, 5) is 6.59. The van der Waals surface area contributed by atoms with E-state index >= 15 is 0 Å². The first kappa shape index (κ1) is 9.92. The third kappa shape index (κ3) is 2.07. The summed E-state index contributed by atoms with van der Waals surface area (Å²) in [6, 6.07) is 9.45. The second-order valence-corrected chi connectivity index (χ2v) is 5.17. The lowest BCUT2D eigenvalue weighted by Gasteiger charge is -1.95. The number of nitrogens with one attached hydrogen (secondary N) is 1. The van der Waals surface area contributed by atoms with Crippen molar-refractivity contribution in [2.45, 2.75) is 5.16 Å². The van der Waals surface area contributed by atoms with Crippen LogP contribution in [-0.2, 0) is 9.84 Å². The number of rotatable bonds is 2. The number of imidazole rings is 1. The Bertz CT molecular complexity index is 558. The number of benzene rings is 1. The largest absolute Gasteiger partial charge is 0.329 e. The predicted molar refractivity (Wildman–Crippen MR) is 57.1 cm³/mol. The van der Waals surface area contributed by atoms with Gasteiger partial charge in [0, 0.05) is 6.26 Å². The van der Waals surface area contributed by atoms with Gasteiger partial charge in [0.25, 0.3) is 0 Å². The Morgan fingerprint density at radius 1 is 1.20 bits per heavy atom. The highest BCUT2D eigenvalue weighted by molar-refractivity contribution is 7.90. The second-order valence-electron chi connectivity index (χ2n) is 3.24. The van der Waals surface area contributed by atoms with E-state index in [0.717, 1.165) is 11.8 Å². The lowest BCUT2D eigenvalue weighted by molar-refractivity contribution is 0.595. The molecule has 1 aromatic carbocycles. The van der Waals surface area contributed by atoms with Gasteiger partial charge < -0.3 is 4.98 Å². The van der Waals surface area contributed by atoms with E-state index in [1.54, 1.807) is 0 Å². The molecular formula is C10H10N2O2S. The fourth-order valence-corrected chi connectivity index (χ4v) is 1.80. The number of aromatic nitrogens is 2. The normalized spacial score (nSPS) is 11.5. The van der Waals surface area contributed by atoms with Gasteiger partial charge in [-0.3, -0.25) is 0 Å². The Morgan fingerprint density at radius 3 is 2.40 bits per heavy atom. The average Bonchev–Trinajstić information content (AvgIpc) is 2.67. The van der Waals surface area contributed by atoms with Crippen molar-refractivity contribution in [2.24, 2.45) is 0 Å². The van der Waals surface area contributed by atoms with Crippen molar-refractivity contribution >= 4 is 9.84 Å². The van der Waals surface area contributed by atoms with Gasteiger partial charge in [-0.25, -0.2) is 13.4 Å². The van der Waals surface area contributed by atoms with Gasteiger partial charge in [-0.05, 0) is 5.56 Å². The van der Waals surface area contributed by atoms with Crippen LogP contribution in [0.4, 0.5) is 0 Å². The molecule has 1 heterocycles. The zero-order valence-electron chi connectivity index (χ0n) is 8.14. The second kappa shape index (κ2) is 3.51. The van der Waals surface area contributed by atoms with Crippen LogP contribution >= 0.6 is 0 Å². The maximum absolute atomic E-state index is 11.2. The molecule has 0 amide bonds. The van der Waals surface area contributed by atoms with Crippen molar-refractivity contribution in [1.29, 1.82) is 0 Å². The first-order valence-corrected chi connectivity index (χ1v) is 6.27. The molecule has 0 atom stereocenters. The monoisotopic (exact) mass is 222 g/mol. The number of nitrogens with zero attached hydrogens (tertiary/aromatic N) is 1. The van der Waals surface area contributed by atoms with Crippen LogP contribution in [0.5, 0.6) is 0 Å². The zero-order chi connectivity index (χ0) is 10.9. The highest BCUT2D eigenvalue weighted by Gasteiger charge is 2.11. The van der Waals surface area contributed by atoms with Crippen LogP contribution in [0.2, 0.25) is 0 Å². The van der Waals surface area contributed by atoms with Crippen molar-refractivity contribution in [3.8, 4) is 11.3 Å². The summed E-state index contributed by atoms with van der Waals surface area (Å²) in [5, 5.41) is 0.00125. The lowest BCUT2D eigenvalue weighted by atomic mass is 10.2. The van der Waals surface area contributed by atoms with E-state index in [4.69, 9.17) is 0 Å². The molecule has 2 rings (SSSR count). The number of aromatic amines is 1. The van der Waals surface area contributed by atoms with Crippen LogP contribution in [0.3, 0.4) is 0 Å². The van der Waals surface area contributed by atoms with Crippen molar-refractivity contribution in [1.82, 2.24) is 9.97 Å². The fourth-order valence-electron chi connectivity index (χ4n) is 1.26. The number of sulfone groups is 1. The third-order valence-electron chi connectivity index (χ3n) is 1.99. The molecule has 15 heavy (non-hydrogen) atoms. The van der Waals surface area contributed by atoms with E-state index in [1.807, 2.05) is 30.3 Å². The van der Waals surface area contributed by atoms with E-state index in [0.29, 0.717) is 5.69 Å². The predicted octanol–water partition coefficient (Wildman–Crippen LogP) is 1.48. The highest BCUT2D eigenvalue weighted by Crippen LogP contribution is 2.17. The molecule has 0 aliphatic carbocycles. The molecule has 0 spiro atoms. The summed E-state index contributed by atoms with van der Waals surface area (Å²) < 4.78 is 22.4. The molecule has 0 saturated carbocycles. The molecule has 0 radical (unpaired) electrons. The third-order valence-corrected chi connectivity index (χ3v) is 2.90. The molecule has 2 aromatic rings. The molecule has 78 valence electrons. The quantitative estimate of drug-likeness (QED) is 0.837. The standard InChI is InChI=1S/C10H10N2O2S/c1-15(13,14)10-11-7-9(12-10)8-5-3-2-4-6-8/h2-7H,1H3,(H,11,12). The van der Waals surface area contributed by atoms with Gasteiger partial charge in [-0.2, -0.15) is 0 Å².